The predicted octanol–water partition coefficient (Wildman–Crippen LogP) is 1.88. The normalized spacial score (nSPS) is 12.1. The van der Waals surface area contributed by atoms with E-state index in [9.17, 15) is 4.79 Å². The summed E-state index contributed by atoms with van der Waals surface area (Å²) in [5, 5.41) is 12.7. The molecule has 7 heteroatoms. The molecule has 0 atom stereocenters. The van der Waals surface area contributed by atoms with Crippen LogP contribution in [0.3, 0.4) is 0 Å². The van der Waals surface area contributed by atoms with Crippen LogP contribution in [0.1, 0.15) is 26.5 Å². The van der Waals surface area contributed by atoms with E-state index in [0.29, 0.717) is 16.6 Å². The van der Waals surface area contributed by atoms with Gasteiger partial charge in [0.05, 0.1) is 6.54 Å². The number of carboxylic acid groups (broad SMARTS) is 1. The molecular formula is C9H14ClN3O2S. The van der Waals surface area contributed by atoms with Crippen LogP contribution in [-0.4, -0.2) is 37.6 Å². The molecule has 1 aromatic heterocycles. The van der Waals surface area contributed by atoms with Gasteiger partial charge in [-0.2, -0.15) is 0 Å². The van der Waals surface area contributed by atoms with E-state index in [1.54, 1.807) is 4.90 Å². The highest BCUT2D eigenvalue weighted by molar-refractivity contribution is 7.10. The summed E-state index contributed by atoms with van der Waals surface area (Å²) in [5.74, 6) is -0.866. The van der Waals surface area contributed by atoms with Crippen molar-refractivity contribution in [2.75, 3.05) is 6.54 Å². The summed E-state index contributed by atoms with van der Waals surface area (Å²) in [6.07, 6.45) is 0. The van der Waals surface area contributed by atoms with Gasteiger partial charge in [-0.15, -0.1) is 5.10 Å². The maximum absolute atomic E-state index is 10.8. The predicted molar refractivity (Wildman–Crippen MR) is 62.7 cm³/mol. The van der Waals surface area contributed by atoms with E-state index in [4.69, 9.17) is 16.7 Å². The van der Waals surface area contributed by atoms with Crippen LogP contribution in [-0.2, 0) is 11.3 Å². The third-order valence-electron chi connectivity index (χ3n) is 2.12. The number of hydrogen-bond acceptors (Lipinski definition) is 5. The zero-order valence-corrected chi connectivity index (χ0v) is 11.0. The fourth-order valence-corrected chi connectivity index (χ4v) is 1.78. The quantitative estimate of drug-likeness (QED) is 0.898. The number of rotatable bonds is 4. The lowest BCUT2D eigenvalue weighted by Crippen LogP contribution is -2.43. The minimum absolute atomic E-state index is 0.0443. The largest absolute Gasteiger partial charge is 0.480 e. The number of aromatic nitrogens is 2. The maximum atomic E-state index is 10.8. The Kier molecular flexibility index (Phi) is 4.23. The first-order valence-electron chi connectivity index (χ1n) is 4.74. The van der Waals surface area contributed by atoms with Crippen molar-refractivity contribution in [3.63, 3.8) is 0 Å². The number of aliphatic carboxylic acids is 1. The molecule has 0 fully saturated rings. The minimum Gasteiger partial charge on any atom is -0.480 e. The van der Waals surface area contributed by atoms with Gasteiger partial charge >= 0.3 is 5.97 Å². The summed E-state index contributed by atoms with van der Waals surface area (Å²) in [6, 6.07) is 0. The molecule has 16 heavy (non-hydrogen) atoms. The van der Waals surface area contributed by atoms with Gasteiger partial charge in [-0.1, -0.05) is 16.1 Å². The molecule has 0 saturated carbocycles. The van der Waals surface area contributed by atoms with Crippen LogP contribution >= 0.6 is 23.1 Å². The molecule has 5 nitrogen and oxygen atoms in total. The highest BCUT2D eigenvalue weighted by atomic mass is 35.5. The van der Waals surface area contributed by atoms with Gasteiger partial charge in [0.15, 0.2) is 0 Å². The Bertz CT molecular complexity index is 375. The summed E-state index contributed by atoms with van der Waals surface area (Å²) in [4.78, 5) is 12.6. The molecule has 0 radical (unpaired) electrons. The third kappa shape index (κ3) is 3.70. The van der Waals surface area contributed by atoms with E-state index in [0.717, 1.165) is 11.5 Å². The van der Waals surface area contributed by atoms with Crippen LogP contribution in [0.4, 0.5) is 0 Å². The topological polar surface area (TPSA) is 66.3 Å². The van der Waals surface area contributed by atoms with Crippen molar-refractivity contribution in [3.8, 4) is 0 Å². The molecule has 0 amide bonds. The van der Waals surface area contributed by atoms with Crippen LogP contribution in [0.15, 0.2) is 0 Å². The fourth-order valence-electron chi connectivity index (χ4n) is 1.17. The van der Waals surface area contributed by atoms with Crippen molar-refractivity contribution in [1.82, 2.24) is 14.5 Å². The molecule has 1 heterocycles. The van der Waals surface area contributed by atoms with Crippen LogP contribution in [0.2, 0.25) is 4.34 Å². The highest BCUT2D eigenvalue weighted by Gasteiger charge is 2.25. The van der Waals surface area contributed by atoms with Gasteiger partial charge in [-0.3, -0.25) is 9.69 Å². The van der Waals surface area contributed by atoms with Crippen molar-refractivity contribution < 1.29 is 9.90 Å². The summed E-state index contributed by atoms with van der Waals surface area (Å²) in [5.41, 5.74) is 0.369. The average molecular weight is 264 g/mol. The van der Waals surface area contributed by atoms with Crippen LogP contribution in [0, 0.1) is 0 Å². The van der Waals surface area contributed by atoms with E-state index in [2.05, 4.69) is 9.59 Å². The maximum Gasteiger partial charge on any atom is 0.317 e. The molecule has 0 bridgehead atoms. The lowest BCUT2D eigenvalue weighted by molar-refractivity contribution is -0.139. The van der Waals surface area contributed by atoms with Crippen molar-refractivity contribution in [2.45, 2.75) is 32.9 Å². The molecular weight excluding hydrogens is 250 g/mol. The fraction of sp³-hybridized carbons (Fsp3) is 0.667. The molecule has 0 aliphatic carbocycles. The number of nitrogens with zero attached hydrogens (tertiary/aromatic N) is 3. The number of hydrogen-bond donors (Lipinski definition) is 1. The molecule has 0 spiro atoms. The molecule has 0 aliphatic rings. The molecule has 0 saturated heterocycles. The van der Waals surface area contributed by atoms with Crippen molar-refractivity contribution >= 4 is 29.1 Å². The first-order valence-corrected chi connectivity index (χ1v) is 5.89. The lowest BCUT2D eigenvalue weighted by atomic mass is 10.1. The first kappa shape index (κ1) is 13.3. The monoisotopic (exact) mass is 263 g/mol. The zero-order valence-electron chi connectivity index (χ0n) is 9.40. The second-order valence-electron chi connectivity index (χ2n) is 4.41. The van der Waals surface area contributed by atoms with E-state index in [1.165, 1.54) is 0 Å². The molecule has 0 aromatic carbocycles. The lowest BCUT2D eigenvalue weighted by Gasteiger charge is -2.33. The number of carbonyl (C=O) groups is 1. The smallest absolute Gasteiger partial charge is 0.317 e. The molecule has 1 aromatic rings. The van der Waals surface area contributed by atoms with Crippen molar-refractivity contribution in [1.29, 1.82) is 0 Å². The van der Waals surface area contributed by atoms with Gasteiger partial charge in [0, 0.05) is 23.6 Å². The van der Waals surface area contributed by atoms with Crippen LogP contribution < -0.4 is 0 Å². The van der Waals surface area contributed by atoms with Crippen molar-refractivity contribution in [2.24, 2.45) is 0 Å². The van der Waals surface area contributed by atoms with Gasteiger partial charge < -0.3 is 5.11 Å². The first-order chi connectivity index (χ1) is 7.30. The molecule has 1 rings (SSSR count). The Hall–Kier alpha value is -0.720. The highest BCUT2D eigenvalue weighted by Crippen LogP contribution is 2.22. The van der Waals surface area contributed by atoms with Gasteiger partial charge in [0.2, 0.25) is 0 Å². The van der Waals surface area contributed by atoms with Gasteiger partial charge in [0.1, 0.15) is 10.0 Å². The SMILES string of the molecule is CC(C)(C)N(CC(=O)O)Cc1nnsc1Cl. The minimum atomic E-state index is -0.866. The van der Waals surface area contributed by atoms with E-state index >= 15 is 0 Å². The molecule has 90 valence electrons. The standard InChI is InChI=1S/C9H14ClN3O2S/c1-9(2,3)13(5-7(14)15)4-6-8(10)16-12-11-6/h4-5H2,1-3H3,(H,14,15). The molecule has 0 unspecified atom stereocenters. The third-order valence-corrected chi connectivity index (χ3v) is 3.11. The summed E-state index contributed by atoms with van der Waals surface area (Å²) < 4.78 is 4.24. The second kappa shape index (κ2) is 5.07. The van der Waals surface area contributed by atoms with E-state index < -0.39 is 5.97 Å². The molecule has 1 N–H and O–H groups in total. The summed E-state index contributed by atoms with van der Waals surface area (Å²) in [7, 11) is 0. The summed E-state index contributed by atoms with van der Waals surface area (Å²) >= 11 is 7.00. The van der Waals surface area contributed by atoms with Crippen molar-refractivity contribution in [3.05, 3.63) is 10.0 Å². The Labute approximate surface area is 103 Å². The Morgan fingerprint density at radius 1 is 1.56 bits per heavy atom. The number of carboxylic acids is 1. The average Bonchev–Trinajstić information content (AvgIpc) is 2.48. The Balaban J connectivity index is 2.79. The Morgan fingerprint density at radius 3 is 2.56 bits per heavy atom. The van der Waals surface area contributed by atoms with Crippen LogP contribution in [0.25, 0.3) is 0 Å². The number of halogens is 1. The van der Waals surface area contributed by atoms with Gasteiger partial charge in [-0.25, -0.2) is 0 Å². The van der Waals surface area contributed by atoms with Gasteiger partial charge in [0.25, 0.3) is 0 Å². The van der Waals surface area contributed by atoms with Gasteiger partial charge in [-0.05, 0) is 20.8 Å². The summed E-state index contributed by atoms with van der Waals surface area (Å²) in [6.45, 7) is 6.19. The Morgan fingerprint density at radius 2 is 2.19 bits per heavy atom. The van der Waals surface area contributed by atoms with Crippen LogP contribution in [0.5, 0.6) is 0 Å². The second-order valence-corrected chi connectivity index (χ2v) is 5.77. The zero-order chi connectivity index (χ0) is 12.3. The molecule has 0 aliphatic heterocycles. The van der Waals surface area contributed by atoms with E-state index in [1.807, 2.05) is 20.8 Å². The van der Waals surface area contributed by atoms with E-state index in [-0.39, 0.29) is 12.1 Å².